The number of ether oxygens (including phenoxy) is 1. The lowest BCUT2D eigenvalue weighted by Crippen LogP contribution is -2.36. The Hall–Kier alpha value is -3.95. The number of hydrogen-bond acceptors (Lipinski definition) is 7. The third-order valence-electron chi connectivity index (χ3n) is 7.44. The molecule has 9 heteroatoms. The maximum Gasteiger partial charge on any atom is 0.228 e. The van der Waals surface area contributed by atoms with E-state index >= 15 is 0 Å². The predicted molar refractivity (Wildman–Crippen MR) is 148 cm³/mol. The largest absolute Gasteiger partial charge is 0.394 e. The van der Waals surface area contributed by atoms with Crippen molar-refractivity contribution in [3.05, 3.63) is 72.4 Å². The normalized spacial score (nSPS) is 17.8. The smallest absolute Gasteiger partial charge is 0.228 e. The number of aromatic nitrogens is 3. The number of aliphatic hydroxyl groups excluding tert-OH is 1. The summed E-state index contributed by atoms with van der Waals surface area (Å²) in [5.74, 6) is 1.40. The van der Waals surface area contributed by atoms with Gasteiger partial charge < -0.3 is 25.0 Å². The van der Waals surface area contributed by atoms with Crippen molar-refractivity contribution in [2.75, 3.05) is 54.6 Å². The van der Waals surface area contributed by atoms with Crippen LogP contribution >= 0.6 is 0 Å². The van der Waals surface area contributed by atoms with E-state index in [1.54, 1.807) is 0 Å². The van der Waals surface area contributed by atoms with Gasteiger partial charge in [-0.25, -0.2) is 0 Å². The Balaban J connectivity index is 1.18. The highest BCUT2D eigenvalue weighted by atomic mass is 16.5. The molecular weight excluding hydrogens is 480 g/mol. The second-order valence-electron chi connectivity index (χ2n) is 9.83. The molecule has 2 aliphatic heterocycles. The molecule has 0 bridgehead atoms. The molecule has 2 N–H and O–H groups in total. The van der Waals surface area contributed by atoms with Gasteiger partial charge in [-0.3, -0.25) is 9.36 Å². The summed E-state index contributed by atoms with van der Waals surface area (Å²) in [7, 11) is 0. The van der Waals surface area contributed by atoms with Crippen molar-refractivity contribution in [2.45, 2.75) is 25.3 Å². The zero-order valence-electron chi connectivity index (χ0n) is 21.3. The quantitative estimate of drug-likeness (QED) is 0.392. The number of nitrogens with one attached hydrogen (secondary N) is 1. The molecule has 4 heterocycles. The van der Waals surface area contributed by atoms with Gasteiger partial charge in [-0.05, 0) is 60.9 Å². The van der Waals surface area contributed by atoms with Crippen molar-refractivity contribution in [2.24, 2.45) is 0 Å². The summed E-state index contributed by atoms with van der Waals surface area (Å²) in [6.07, 6.45) is 4.23. The fraction of sp³-hybridized carbons (Fsp3) is 0.345. The van der Waals surface area contributed by atoms with Crippen LogP contribution in [0.5, 0.6) is 0 Å². The highest BCUT2D eigenvalue weighted by Gasteiger charge is 2.25. The van der Waals surface area contributed by atoms with Crippen LogP contribution in [0, 0.1) is 0 Å². The van der Waals surface area contributed by atoms with Crippen molar-refractivity contribution in [1.29, 1.82) is 0 Å². The minimum absolute atomic E-state index is 0.0717. The van der Waals surface area contributed by atoms with Crippen LogP contribution in [-0.2, 0) is 16.0 Å². The average molecular weight is 513 g/mol. The van der Waals surface area contributed by atoms with Crippen molar-refractivity contribution < 1.29 is 14.6 Å². The van der Waals surface area contributed by atoms with E-state index in [9.17, 15) is 9.90 Å². The standard InChI is InChI=1S/C29H32N6O3/c36-20-24-4-3-13-34(24)27-11-12-28(32-31-27)35-19-21(25-5-1-2-6-26(25)35)18-29(37)30-22-7-9-23(10-8-22)33-14-16-38-17-15-33/h1-2,5-12,19,24,36H,3-4,13-18,20H2,(H,30,37). The molecule has 2 saturated heterocycles. The van der Waals surface area contributed by atoms with Crippen molar-refractivity contribution in [3.8, 4) is 5.82 Å². The molecule has 2 aromatic carbocycles. The number of hydrogen-bond donors (Lipinski definition) is 2. The second kappa shape index (κ2) is 10.8. The molecule has 0 radical (unpaired) electrons. The van der Waals surface area contributed by atoms with Gasteiger partial charge in [0.15, 0.2) is 11.6 Å². The number of aliphatic hydroxyl groups is 1. The van der Waals surface area contributed by atoms with Gasteiger partial charge in [0.2, 0.25) is 5.91 Å². The highest BCUT2D eigenvalue weighted by Crippen LogP contribution is 2.27. The van der Waals surface area contributed by atoms with E-state index < -0.39 is 0 Å². The van der Waals surface area contributed by atoms with Crippen molar-refractivity contribution in [1.82, 2.24) is 14.8 Å². The predicted octanol–water partition coefficient (Wildman–Crippen LogP) is 3.40. The lowest BCUT2D eigenvalue weighted by Gasteiger charge is -2.28. The van der Waals surface area contributed by atoms with Crippen LogP contribution in [0.2, 0.25) is 0 Å². The number of para-hydroxylation sites is 1. The number of morpholine rings is 1. The Kier molecular flexibility index (Phi) is 6.94. The third-order valence-corrected chi connectivity index (χ3v) is 7.44. The second-order valence-corrected chi connectivity index (χ2v) is 9.83. The van der Waals surface area contributed by atoms with E-state index in [0.29, 0.717) is 5.82 Å². The van der Waals surface area contributed by atoms with Crippen LogP contribution in [0.1, 0.15) is 18.4 Å². The van der Waals surface area contributed by atoms with Gasteiger partial charge in [0.25, 0.3) is 0 Å². The number of rotatable bonds is 7. The van der Waals surface area contributed by atoms with Crippen LogP contribution in [0.3, 0.4) is 0 Å². The third kappa shape index (κ3) is 4.94. The first-order chi connectivity index (χ1) is 18.7. The van der Waals surface area contributed by atoms with Gasteiger partial charge in [-0.1, -0.05) is 18.2 Å². The molecule has 0 aliphatic carbocycles. The van der Waals surface area contributed by atoms with Crippen LogP contribution < -0.4 is 15.1 Å². The molecule has 0 saturated carbocycles. The molecule has 1 amide bonds. The number of carbonyl (C=O) groups is 1. The highest BCUT2D eigenvalue weighted by molar-refractivity contribution is 5.96. The molecule has 2 aliphatic rings. The Labute approximate surface area is 221 Å². The fourth-order valence-corrected chi connectivity index (χ4v) is 5.46. The Morgan fingerprint density at radius 3 is 2.50 bits per heavy atom. The van der Waals surface area contributed by atoms with Crippen molar-refractivity contribution in [3.63, 3.8) is 0 Å². The lowest BCUT2D eigenvalue weighted by molar-refractivity contribution is -0.115. The topological polar surface area (TPSA) is 95.8 Å². The van der Waals surface area contributed by atoms with Gasteiger partial charge in [-0.2, -0.15) is 0 Å². The Morgan fingerprint density at radius 1 is 0.974 bits per heavy atom. The molecule has 2 fully saturated rings. The maximum absolute atomic E-state index is 13.0. The number of amides is 1. The minimum atomic E-state index is -0.0717. The summed E-state index contributed by atoms with van der Waals surface area (Å²) in [5, 5.41) is 22.7. The minimum Gasteiger partial charge on any atom is -0.394 e. The number of fused-ring (bicyclic) bond motifs is 1. The van der Waals surface area contributed by atoms with Gasteiger partial charge in [0, 0.05) is 42.6 Å². The molecule has 196 valence electrons. The number of nitrogens with zero attached hydrogens (tertiary/aromatic N) is 5. The lowest BCUT2D eigenvalue weighted by atomic mass is 10.1. The van der Waals surface area contributed by atoms with Crippen LogP contribution in [0.25, 0.3) is 16.7 Å². The molecule has 0 spiro atoms. The summed E-state index contributed by atoms with van der Waals surface area (Å²) >= 11 is 0. The van der Waals surface area contributed by atoms with E-state index in [-0.39, 0.29) is 25.0 Å². The summed E-state index contributed by atoms with van der Waals surface area (Å²) in [5.41, 5.74) is 3.81. The van der Waals surface area contributed by atoms with Crippen molar-refractivity contribution >= 4 is 34.0 Å². The molecule has 4 aromatic rings. The van der Waals surface area contributed by atoms with E-state index in [2.05, 4.69) is 25.3 Å². The maximum atomic E-state index is 13.0. The molecular formula is C29H32N6O3. The molecule has 38 heavy (non-hydrogen) atoms. The first-order valence-electron chi connectivity index (χ1n) is 13.2. The summed E-state index contributed by atoms with van der Waals surface area (Å²) in [6.45, 7) is 4.24. The SMILES string of the molecule is O=C(Cc1cn(-c2ccc(N3CCCC3CO)nn2)c2ccccc12)Nc1ccc(N2CCOCC2)cc1. The average Bonchev–Trinajstić information content (AvgIpc) is 3.59. The summed E-state index contributed by atoms with van der Waals surface area (Å²) in [6, 6.07) is 20.0. The Morgan fingerprint density at radius 2 is 1.74 bits per heavy atom. The first-order valence-corrected chi connectivity index (χ1v) is 13.2. The fourth-order valence-electron chi connectivity index (χ4n) is 5.46. The Bertz CT molecular complexity index is 1400. The van der Waals surface area contributed by atoms with E-state index in [1.807, 2.05) is 71.4 Å². The zero-order valence-corrected chi connectivity index (χ0v) is 21.3. The summed E-state index contributed by atoms with van der Waals surface area (Å²) in [4.78, 5) is 17.4. The van der Waals surface area contributed by atoms with Crippen LogP contribution in [0.4, 0.5) is 17.2 Å². The molecule has 1 atom stereocenters. The van der Waals surface area contributed by atoms with Gasteiger partial charge in [-0.15, -0.1) is 10.2 Å². The number of carbonyl (C=O) groups excluding carboxylic acids is 1. The molecule has 1 unspecified atom stereocenters. The van der Waals surface area contributed by atoms with E-state index in [1.165, 1.54) is 0 Å². The monoisotopic (exact) mass is 512 g/mol. The van der Waals surface area contributed by atoms with Crippen LogP contribution in [-0.4, -0.2) is 71.3 Å². The van der Waals surface area contributed by atoms with E-state index in [0.717, 1.165) is 79.3 Å². The molecule has 9 nitrogen and oxygen atoms in total. The molecule has 6 rings (SSSR count). The van der Waals surface area contributed by atoms with Gasteiger partial charge in [0.1, 0.15) is 0 Å². The van der Waals surface area contributed by atoms with Gasteiger partial charge >= 0.3 is 0 Å². The van der Waals surface area contributed by atoms with Crippen LogP contribution in [0.15, 0.2) is 66.9 Å². The number of anilines is 3. The van der Waals surface area contributed by atoms with E-state index in [4.69, 9.17) is 4.74 Å². The van der Waals surface area contributed by atoms with Gasteiger partial charge in [0.05, 0.1) is 37.8 Å². The number of benzene rings is 2. The molecule has 2 aromatic heterocycles. The first kappa shape index (κ1) is 24.4. The zero-order chi connectivity index (χ0) is 25.9. The summed E-state index contributed by atoms with van der Waals surface area (Å²) < 4.78 is 7.42.